The van der Waals surface area contributed by atoms with Gasteiger partial charge in [0.05, 0.1) is 13.2 Å². The van der Waals surface area contributed by atoms with E-state index in [1.807, 2.05) is 0 Å². The second kappa shape index (κ2) is 12.9. The number of unbranched alkanes of at least 4 members (excludes halogenated alkanes) is 6. The van der Waals surface area contributed by atoms with Crippen molar-refractivity contribution in [3.63, 3.8) is 0 Å². The highest BCUT2D eigenvalue weighted by atomic mass is 16.5. The first-order valence-corrected chi connectivity index (χ1v) is 9.05. The van der Waals surface area contributed by atoms with E-state index in [9.17, 15) is 15.3 Å². The van der Waals surface area contributed by atoms with E-state index in [-0.39, 0.29) is 13.2 Å². The Morgan fingerprint density at radius 3 is 2.43 bits per heavy atom. The first-order chi connectivity index (χ1) is 11.2. The minimum absolute atomic E-state index is 0.0666. The second-order valence-corrected chi connectivity index (χ2v) is 6.29. The fourth-order valence-electron chi connectivity index (χ4n) is 2.72. The molecule has 0 bridgehead atoms. The third-order valence-electron chi connectivity index (χ3n) is 4.17. The molecule has 5 nitrogen and oxygen atoms in total. The van der Waals surface area contributed by atoms with Crippen molar-refractivity contribution in [1.29, 1.82) is 0 Å². The summed E-state index contributed by atoms with van der Waals surface area (Å²) in [6.45, 7) is 2.97. The van der Waals surface area contributed by atoms with Crippen molar-refractivity contribution in [2.75, 3.05) is 19.8 Å². The van der Waals surface area contributed by atoms with Gasteiger partial charge in [-0.05, 0) is 25.7 Å². The molecule has 0 aliphatic carbocycles. The highest BCUT2D eigenvalue weighted by Gasteiger charge is 2.39. The molecule has 1 fully saturated rings. The summed E-state index contributed by atoms with van der Waals surface area (Å²) in [5.74, 6) is 0. The van der Waals surface area contributed by atoms with Crippen LogP contribution in [-0.2, 0) is 9.47 Å². The first-order valence-electron chi connectivity index (χ1n) is 9.05. The summed E-state index contributed by atoms with van der Waals surface area (Å²) in [5, 5.41) is 28.9. The summed E-state index contributed by atoms with van der Waals surface area (Å²) in [5.41, 5.74) is 0. The molecular formula is C18H34O5. The first kappa shape index (κ1) is 20.6. The molecule has 0 saturated carbocycles. The number of ether oxygens (including phenoxy) is 2. The molecule has 1 aliphatic rings. The minimum Gasteiger partial charge on any atom is -0.388 e. The second-order valence-electron chi connectivity index (χ2n) is 6.29. The zero-order valence-corrected chi connectivity index (χ0v) is 14.4. The van der Waals surface area contributed by atoms with Gasteiger partial charge in [-0.25, -0.2) is 0 Å². The van der Waals surface area contributed by atoms with Crippen LogP contribution in [0.5, 0.6) is 0 Å². The molecule has 5 heteroatoms. The van der Waals surface area contributed by atoms with Crippen LogP contribution in [0.1, 0.15) is 58.3 Å². The standard InChI is InChI=1S/C18H34O5/c1-2-3-4-5-6-7-8-9-10-11-12-22-13-16(20)18-17(21)15(19)14-23-18/h3-4,15-21H,2,5-14H2,1H3/b4-3+/t15-,16+,17+,18+/m1/s1. The van der Waals surface area contributed by atoms with Gasteiger partial charge in [0.2, 0.25) is 0 Å². The van der Waals surface area contributed by atoms with Crippen LogP contribution in [-0.4, -0.2) is 59.6 Å². The molecule has 0 spiro atoms. The van der Waals surface area contributed by atoms with Crippen LogP contribution in [0.2, 0.25) is 0 Å². The van der Waals surface area contributed by atoms with Gasteiger partial charge in [-0.15, -0.1) is 0 Å². The van der Waals surface area contributed by atoms with E-state index in [2.05, 4.69) is 19.1 Å². The number of allylic oxidation sites excluding steroid dienone is 2. The minimum atomic E-state index is -1.03. The van der Waals surface area contributed by atoms with E-state index in [0.717, 1.165) is 19.3 Å². The van der Waals surface area contributed by atoms with Crippen molar-refractivity contribution in [2.24, 2.45) is 0 Å². The van der Waals surface area contributed by atoms with Gasteiger partial charge in [-0.3, -0.25) is 0 Å². The lowest BCUT2D eigenvalue weighted by atomic mass is 10.1. The van der Waals surface area contributed by atoms with E-state index in [4.69, 9.17) is 9.47 Å². The lowest BCUT2D eigenvalue weighted by Gasteiger charge is -2.20. The molecule has 4 atom stereocenters. The Morgan fingerprint density at radius 2 is 1.78 bits per heavy atom. The van der Waals surface area contributed by atoms with E-state index in [1.165, 1.54) is 32.1 Å². The smallest absolute Gasteiger partial charge is 0.114 e. The van der Waals surface area contributed by atoms with Crippen LogP contribution in [0, 0.1) is 0 Å². The number of hydrogen-bond acceptors (Lipinski definition) is 5. The summed E-state index contributed by atoms with van der Waals surface area (Å²) in [6, 6.07) is 0. The van der Waals surface area contributed by atoms with Gasteiger partial charge in [0.15, 0.2) is 0 Å². The van der Waals surface area contributed by atoms with Crippen molar-refractivity contribution in [3.8, 4) is 0 Å². The van der Waals surface area contributed by atoms with Crippen molar-refractivity contribution in [3.05, 3.63) is 12.2 Å². The van der Waals surface area contributed by atoms with Crippen LogP contribution in [0.15, 0.2) is 12.2 Å². The molecule has 1 saturated heterocycles. The number of aliphatic hydroxyl groups is 3. The molecule has 0 aromatic carbocycles. The summed E-state index contributed by atoms with van der Waals surface area (Å²) in [7, 11) is 0. The summed E-state index contributed by atoms with van der Waals surface area (Å²) >= 11 is 0. The normalized spacial score (nSPS) is 26.2. The van der Waals surface area contributed by atoms with Crippen LogP contribution in [0.25, 0.3) is 0 Å². The van der Waals surface area contributed by atoms with Crippen molar-refractivity contribution < 1.29 is 24.8 Å². The summed E-state index contributed by atoms with van der Waals surface area (Å²) in [4.78, 5) is 0. The van der Waals surface area contributed by atoms with Crippen LogP contribution in [0.4, 0.5) is 0 Å². The van der Waals surface area contributed by atoms with E-state index < -0.39 is 24.4 Å². The summed E-state index contributed by atoms with van der Waals surface area (Å²) < 4.78 is 10.6. The molecule has 1 heterocycles. The molecule has 0 radical (unpaired) electrons. The molecule has 1 rings (SSSR count). The maximum atomic E-state index is 9.87. The van der Waals surface area contributed by atoms with Crippen LogP contribution in [0.3, 0.4) is 0 Å². The fourth-order valence-corrected chi connectivity index (χ4v) is 2.72. The van der Waals surface area contributed by atoms with E-state index >= 15 is 0 Å². The maximum Gasteiger partial charge on any atom is 0.114 e. The Balaban J connectivity index is 1.87. The topological polar surface area (TPSA) is 79.2 Å². The molecule has 0 aromatic heterocycles. The fraction of sp³-hybridized carbons (Fsp3) is 0.889. The van der Waals surface area contributed by atoms with Gasteiger partial charge in [0.1, 0.15) is 24.4 Å². The summed E-state index contributed by atoms with van der Waals surface area (Å²) in [6.07, 6.45) is 10.4. The number of aliphatic hydroxyl groups excluding tert-OH is 3. The largest absolute Gasteiger partial charge is 0.388 e. The Bertz CT molecular complexity index is 308. The SMILES string of the molecule is CC/C=C/CCCCCCCCOC[C@H](O)[C@@H]1OC[C@@H](O)[C@@H]1O. The van der Waals surface area contributed by atoms with Gasteiger partial charge in [-0.2, -0.15) is 0 Å². The Morgan fingerprint density at radius 1 is 1.09 bits per heavy atom. The average molecular weight is 330 g/mol. The maximum absolute atomic E-state index is 9.87. The third-order valence-corrected chi connectivity index (χ3v) is 4.17. The highest BCUT2D eigenvalue weighted by Crippen LogP contribution is 2.18. The average Bonchev–Trinajstić information content (AvgIpc) is 2.88. The zero-order chi connectivity index (χ0) is 16.9. The molecule has 0 unspecified atom stereocenters. The number of rotatable bonds is 13. The van der Waals surface area contributed by atoms with Crippen LogP contribution < -0.4 is 0 Å². The third kappa shape index (κ3) is 8.82. The predicted octanol–water partition coefficient (Wildman–Crippen LogP) is 2.18. The zero-order valence-electron chi connectivity index (χ0n) is 14.4. The quantitative estimate of drug-likeness (QED) is 0.356. The Hall–Kier alpha value is -0.460. The van der Waals surface area contributed by atoms with Gasteiger partial charge in [0, 0.05) is 6.61 Å². The Labute approximate surface area is 140 Å². The molecule has 0 amide bonds. The van der Waals surface area contributed by atoms with E-state index in [1.54, 1.807) is 0 Å². The molecule has 3 N–H and O–H groups in total. The van der Waals surface area contributed by atoms with Crippen LogP contribution >= 0.6 is 0 Å². The monoisotopic (exact) mass is 330 g/mol. The lowest BCUT2D eigenvalue weighted by molar-refractivity contribution is -0.0813. The van der Waals surface area contributed by atoms with Gasteiger partial charge >= 0.3 is 0 Å². The van der Waals surface area contributed by atoms with Crippen molar-refractivity contribution >= 4 is 0 Å². The lowest BCUT2D eigenvalue weighted by Crippen LogP contribution is -2.40. The van der Waals surface area contributed by atoms with E-state index in [0.29, 0.717) is 6.61 Å². The Kier molecular flexibility index (Phi) is 11.5. The molecule has 1 aliphatic heterocycles. The van der Waals surface area contributed by atoms with Gasteiger partial charge in [0.25, 0.3) is 0 Å². The van der Waals surface area contributed by atoms with Gasteiger partial charge in [-0.1, -0.05) is 44.8 Å². The van der Waals surface area contributed by atoms with Gasteiger partial charge < -0.3 is 24.8 Å². The van der Waals surface area contributed by atoms with Crippen molar-refractivity contribution in [2.45, 2.75) is 82.7 Å². The molecule has 23 heavy (non-hydrogen) atoms. The predicted molar refractivity (Wildman–Crippen MR) is 90.3 cm³/mol. The van der Waals surface area contributed by atoms with Crippen molar-refractivity contribution in [1.82, 2.24) is 0 Å². The molecule has 136 valence electrons. The number of hydrogen-bond donors (Lipinski definition) is 3. The highest BCUT2D eigenvalue weighted by molar-refractivity contribution is 4.87. The molecular weight excluding hydrogens is 296 g/mol. The molecule has 0 aromatic rings.